The molecule has 0 saturated carbocycles. The van der Waals surface area contributed by atoms with Crippen molar-refractivity contribution in [2.75, 3.05) is 0 Å². The molecular formula is C13H13ClO3. The summed E-state index contributed by atoms with van der Waals surface area (Å²) >= 11 is 6.15. The van der Waals surface area contributed by atoms with Gasteiger partial charge in [0.25, 0.3) is 6.47 Å². The number of hydrogen-bond acceptors (Lipinski definition) is 3. The predicted molar refractivity (Wildman–Crippen MR) is 66.6 cm³/mol. The molecule has 0 bridgehead atoms. The summed E-state index contributed by atoms with van der Waals surface area (Å²) in [5.74, 6) is 0.563. The summed E-state index contributed by atoms with van der Waals surface area (Å²) in [7, 11) is 0. The molecule has 1 aromatic carbocycles. The summed E-state index contributed by atoms with van der Waals surface area (Å²) in [6.07, 6.45) is 3.38. The highest BCUT2D eigenvalue weighted by atomic mass is 35.5. The van der Waals surface area contributed by atoms with Crippen molar-refractivity contribution in [3.05, 3.63) is 28.5 Å². The maximum atomic E-state index is 10.6. The molecule has 0 aliphatic heterocycles. The summed E-state index contributed by atoms with van der Waals surface area (Å²) < 4.78 is 10.5. The molecule has 0 radical (unpaired) electrons. The molecule has 0 amide bonds. The molecule has 3 nitrogen and oxygen atoms in total. The Bertz CT molecular complexity index is 557. The predicted octanol–water partition coefficient (Wildman–Crippen LogP) is 3.88. The average Bonchev–Trinajstić information content (AvgIpc) is 2.67. The molecule has 0 saturated heterocycles. The van der Waals surface area contributed by atoms with Gasteiger partial charge in [-0.1, -0.05) is 24.9 Å². The van der Waals surface area contributed by atoms with E-state index in [-0.39, 0.29) is 0 Å². The van der Waals surface area contributed by atoms with Crippen LogP contribution >= 0.6 is 11.6 Å². The lowest BCUT2D eigenvalue weighted by molar-refractivity contribution is -0.120. The molecule has 0 fully saturated rings. The average molecular weight is 253 g/mol. The van der Waals surface area contributed by atoms with Gasteiger partial charge in [0.1, 0.15) is 5.75 Å². The maximum absolute atomic E-state index is 10.6. The van der Waals surface area contributed by atoms with Crippen LogP contribution in [-0.2, 0) is 11.2 Å². The van der Waals surface area contributed by atoms with Crippen molar-refractivity contribution in [2.24, 2.45) is 0 Å². The Balaban J connectivity index is 2.75. The van der Waals surface area contributed by atoms with Gasteiger partial charge in [-0.25, -0.2) is 0 Å². The highest BCUT2D eigenvalue weighted by molar-refractivity contribution is 6.35. The third-order valence-electron chi connectivity index (χ3n) is 2.70. The van der Waals surface area contributed by atoms with E-state index in [9.17, 15) is 4.79 Å². The first kappa shape index (κ1) is 12.0. The highest BCUT2D eigenvalue weighted by Crippen LogP contribution is 2.38. The van der Waals surface area contributed by atoms with Gasteiger partial charge in [0.15, 0.2) is 5.58 Å². The summed E-state index contributed by atoms with van der Waals surface area (Å²) in [6, 6.07) is 1.80. The molecular weight excluding hydrogens is 240 g/mol. The fourth-order valence-corrected chi connectivity index (χ4v) is 2.26. The van der Waals surface area contributed by atoms with Crippen LogP contribution in [0, 0.1) is 6.92 Å². The molecule has 17 heavy (non-hydrogen) atoms. The molecule has 0 atom stereocenters. The van der Waals surface area contributed by atoms with E-state index >= 15 is 0 Å². The van der Waals surface area contributed by atoms with Crippen molar-refractivity contribution < 1.29 is 13.9 Å². The fraction of sp³-hybridized carbons (Fsp3) is 0.308. The Hall–Kier alpha value is -1.48. The second-order valence-electron chi connectivity index (χ2n) is 3.93. The van der Waals surface area contributed by atoms with E-state index in [0.29, 0.717) is 22.8 Å². The number of carbonyl (C=O) groups excluding carboxylic acids is 1. The van der Waals surface area contributed by atoms with Crippen molar-refractivity contribution >= 4 is 29.0 Å². The third kappa shape index (κ3) is 2.03. The number of carbonyl (C=O) groups is 1. The topological polar surface area (TPSA) is 39.4 Å². The van der Waals surface area contributed by atoms with Crippen molar-refractivity contribution in [3.63, 3.8) is 0 Å². The molecule has 4 heteroatoms. The molecule has 2 rings (SSSR count). The number of fused-ring (bicyclic) bond motifs is 1. The van der Waals surface area contributed by atoms with E-state index in [1.807, 2.05) is 6.92 Å². The van der Waals surface area contributed by atoms with Crippen molar-refractivity contribution in [1.82, 2.24) is 0 Å². The lowest BCUT2D eigenvalue weighted by Gasteiger charge is -2.09. The number of furan rings is 1. The number of rotatable bonds is 4. The van der Waals surface area contributed by atoms with Gasteiger partial charge in [0.05, 0.1) is 16.7 Å². The van der Waals surface area contributed by atoms with Gasteiger partial charge in [-0.2, -0.15) is 0 Å². The number of aryl methyl sites for hydroxylation is 2. The Morgan fingerprint density at radius 1 is 1.53 bits per heavy atom. The van der Waals surface area contributed by atoms with Crippen molar-refractivity contribution in [3.8, 4) is 5.75 Å². The van der Waals surface area contributed by atoms with Crippen molar-refractivity contribution in [1.29, 1.82) is 0 Å². The minimum atomic E-state index is 0.439. The van der Waals surface area contributed by atoms with Gasteiger partial charge in [-0.15, -0.1) is 0 Å². The Labute approximate surface area is 104 Å². The minimum Gasteiger partial charge on any atom is -0.462 e. The first-order valence-electron chi connectivity index (χ1n) is 5.48. The fourth-order valence-electron chi connectivity index (χ4n) is 1.98. The van der Waals surface area contributed by atoms with Gasteiger partial charge >= 0.3 is 0 Å². The van der Waals surface area contributed by atoms with E-state index in [2.05, 4.69) is 6.92 Å². The molecule has 90 valence electrons. The summed E-state index contributed by atoms with van der Waals surface area (Å²) in [4.78, 5) is 10.6. The van der Waals surface area contributed by atoms with Gasteiger partial charge < -0.3 is 9.15 Å². The van der Waals surface area contributed by atoms with E-state index in [4.69, 9.17) is 20.8 Å². The second kappa shape index (κ2) is 4.80. The van der Waals surface area contributed by atoms with Crippen molar-refractivity contribution in [2.45, 2.75) is 26.7 Å². The van der Waals surface area contributed by atoms with Crippen LogP contribution in [0.3, 0.4) is 0 Å². The van der Waals surface area contributed by atoms with E-state index < -0.39 is 0 Å². The SMILES string of the molecule is CCCc1cc(Cl)c2occ(C)c2c1OC=O. The van der Waals surface area contributed by atoms with Crippen LogP contribution in [0.2, 0.25) is 5.02 Å². The molecule has 0 aliphatic carbocycles. The minimum absolute atomic E-state index is 0.439. The molecule has 0 spiro atoms. The van der Waals surface area contributed by atoms with E-state index in [0.717, 1.165) is 29.4 Å². The number of halogens is 1. The smallest absolute Gasteiger partial charge is 0.298 e. The quantitative estimate of drug-likeness (QED) is 0.775. The number of hydrogen-bond donors (Lipinski definition) is 0. The lowest BCUT2D eigenvalue weighted by Crippen LogP contribution is -1.96. The van der Waals surface area contributed by atoms with Gasteiger partial charge in [0, 0.05) is 0 Å². The zero-order valence-corrected chi connectivity index (χ0v) is 10.5. The van der Waals surface area contributed by atoms with E-state index in [1.54, 1.807) is 12.3 Å². The summed E-state index contributed by atoms with van der Waals surface area (Å²) in [5, 5.41) is 1.34. The van der Waals surface area contributed by atoms with Crippen LogP contribution in [0.5, 0.6) is 5.75 Å². The molecule has 1 aromatic heterocycles. The first-order valence-corrected chi connectivity index (χ1v) is 5.86. The number of ether oxygens (including phenoxy) is 1. The third-order valence-corrected chi connectivity index (χ3v) is 2.98. The van der Waals surface area contributed by atoms with Crippen LogP contribution in [0.4, 0.5) is 0 Å². The first-order chi connectivity index (χ1) is 8.19. The Kier molecular flexibility index (Phi) is 3.38. The number of benzene rings is 1. The largest absolute Gasteiger partial charge is 0.462 e. The summed E-state index contributed by atoms with van der Waals surface area (Å²) in [5.41, 5.74) is 2.42. The summed E-state index contributed by atoms with van der Waals surface area (Å²) in [6.45, 7) is 4.40. The van der Waals surface area contributed by atoms with Crippen LogP contribution in [-0.4, -0.2) is 6.47 Å². The Morgan fingerprint density at radius 3 is 2.94 bits per heavy atom. The Morgan fingerprint density at radius 2 is 2.29 bits per heavy atom. The molecule has 0 unspecified atom stereocenters. The monoisotopic (exact) mass is 252 g/mol. The molecule has 1 heterocycles. The van der Waals surface area contributed by atoms with Crippen LogP contribution in [0.15, 0.2) is 16.7 Å². The van der Waals surface area contributed by atoms with Crippen LogP contribution in [0.25, 0.3) is 11.0 Å². The van der Waals surface area contributed by atoms with Gasteiger partial charge in [-0.3, -0.25) is 4.79 Å². The lowest BCUT2D eigenvalue weighted by atomic mass is 10.0. The normalized spacial score (nSPS) is 10.8. The second-order valence-corrected chi connectivity index (χ2v) is 4.34. The maximum Gasteiger partial charge on any atom is 0.298 e. The zero-order valence-electron chi connectivity index (χ0n) is 9.75. The highest BCUT2D eigenvalue weighted by Gasteiger charge is 2.17. The van der Waals surface area contributed by atoms with E-state index in [1.165, 1.54) is 0 Å². The zero-order chi connectivity index (χ0) is 12.4. The molecule has 0 aliphatic rings. The van der Waals surface area contributed by atoms with Gasteiger partial charge in [0.2, 0.25) is 0 Å². The van der Waals surface area contributed by atoms with Crippen LogP contribution in [0.1, 0.15) is 24.5 Å². The standard InChI is InChI=1S/C13H13ClO3/c1-3-4-9-5-10(14)13-11(8(2)6-16-13)12(9)17-7-15/h5-7H,3-4H2,1-2H3. The molecule has 2 aromatic rings. The van der Waals surface area contributed by atoms with Crippen LogP contribution < -0.4 is 4.74 Å². The molecule has 0 N–H and O–H groups in total. The van der Waals surface area contributed by atoms with Gasteiger partial charge in [-0.05, 0) is 30.5 Å².